The molecule has 0 aliphatic rings. The number of benzene rings is 1. The Morgan fingerprint density at radius 3 is 2.30 bits per heavy atom. The number of rotatable bonds is 0. The van der Waals surface area contributed by atoms with Crippen LogP contribution in [-0.4, -0.2) is 7.85 Å². The van der Waals surface area contributed by atoms with Gasteiger partial charge in [-0.15, -0.1) is 0 Å². The highest BCUT2D eigenvalue weighted by molar-refractivity contribution is 6.32. The van der Waals surface area contributed by atoms with Crippen LogP contribution in [0.15, 0.2) is 12.1 Å². The molecule has 0 atom stereocenters. The van der Waals surface area contributed by atoms with Crippen LogP contribution in [0, 0.1) is 18.6 Å². The Hall–Kier alpha value is -0.855. The molecule has 3 heteroatoms. The Kier molecular flexibility index (Phi) is 1.75. The standard InChI is InChI=1S/C7H5BF2/c1-4-2-3-5(8)7(10)6(4)9/h2-3H,1H3. The molecule has 0 spiro atoms. The molecule has 0 heterocycles. The van der Waals surface area contributed by atoms with Crippen LogP contribution in [0.3, 0.4) is 0 Å². The van der Waals surface area contributed by atoms with E-state index in [1.165, 1.54) is 19.1 Å². The van der Waals surface area contributed by atoms with Crippen LogP contribution in [0.1, 0.15) is 5.56 Å². The quantitative estimate of drug-likeness (QED) is 0.470. The lowest BCUT2D eigenvalue weighted by molar-refractivity contribution is 0.508. The minimum absolute atomic E-state index is 0.150. The van der Waals surface area contributed by atoms with Crippen molar-refractivity contribution in [2.24, 2.45) is 0 Å². The van der Waals surface area contributed by atoms with Crippen LogP contribution in [0.2, 0.25) is 0 Å². The topological polar surface area (TPSA) is 0 Å². The maximum absolute atomic E-state index is 12.5. The molecule has 0 saturated carbocycles. The van der Waals surface area contributed by atoms with E-state index in [-0.39, 0.29) is 11.0 Å². The summed E-state index contributed by atoms with van der Waals surface area (Å²) < 4.78 is 25.0. The first-order valence-corrected chi connectivity index (χ1v) is 2.83. The summed E-state index contributed by atoms with van der Waals surface area (Å²) in [6, 6.07) is 2.78. The van der Waals surface area contributed by atoms with E-state index in [2.05, 4.69) is 0 Å². The van der Waals surface area contributed by atoms with Crippen molar-refractivity contribution in [1.82, 2.24) is 0 Å². The molecule has 1 rings (SSSR count). The monoisotopic (exact) mass is 138 g/mol. The summed E-state index contributed by atoms with van der Waals surface area (Å²) in [6.07, 6.45) is 0. The van der Waals surface area contributed by atoms with Crippen LogP contribution >= 0.6 is 0 Å². The maximum atomic E-state index is 12.5. The van der Waals surface area contributed by atoms with Gasteiger partial charge in [0.2, 0.25) is 0 Å². The van der Waals surface area contributed by atoms with Crippen molar-refractivity contribution in [3.8, 4) is 0 Å². The molecule has 0 aliphatic heterocycles. The van der Waals surface area contributed by atoms with Crippen molar-refractivity contribution in [2.75, 3.05) is 0 Å². The fourth-order valence-electron chi connectivity index (χ4n) is 0.661. The van der Waals surface area contributed by atoms with Crippen molar-refractivity contribution in [2.45, 2.75) is 6.92 Å². The summed E-state index contributed by atoms with van der Waals surface area (Å²) in [5.41, 5.74) is 0.120. The van der Waals surface area contributed by atoms with Gasteiger partial charge in [-0.25, -0.2) is 8.78 Å². The molecular formula is C7H5BF2. The van der Waals surface area contributed by atoms with Gasteiger partial charge < -0.3 is 0 Å². The van der Waals surface area contributed by atoms with Crippen LogP contribution in [-0.2, 0) is 0 Å². The fraction of sp³-hybridized carbons (Fsp3) is 0.143. The summed E-state index contributed by atoms with van der Waals surface area (Å²) in [4.78, 5) is 0. The van der Waals surface area contributed by atoms with Gasteiger partial charge in [-0.2, -0.15) is 0 Å². The van der Waals surface area contributed by atoms with Gasteiger partial charge in [-0.1, -0.05) is 17.6 Å². The molecule has 0 N–H and O–H groups in total. The normalized spacial score (nSPS) is 9.90. The van der Waals surface area contributed by atoms with Gasteiger partial charge in [0.15, 0.2) is 11.6 Å². The highest BCUT2D eigenvalue weighted by atomic mass is 19.2. The van der Waals surface area contributed by atoms with Gasteiger partial charge in [0, 0.05) is 0 Å². The van der Waals surface area contributed by atoms with Gasteiger partial charge in [-0.3, -0.25) is 0 Å². The molecule has 0 bridgehead atoms. The van der Waals surface area contributed by atoms with E-state index in [0.29, 0.717) is 0 Å². The fourth-order valence-corrected chi connectivity index (χ4v) is 0.661. The largest absolute Gasteiger partial charge is 0.204 e. The Morgan fingerprint density at radius 2 is 1.80 bits per heavy atom. The SMILES string of the molecule is [B]c1ccc(C)c(F)c1F. The van der Waals surface area contributed by atoms with E-state index in [0.717, 1.165) is 0 Å². The van der Waals surface area contributed by atoms with Crippen molar-refractivity contribution in [1.29, 1.82) is 0 Å². The second-order valence-electron chi connectivity index (χ2n) is 2.10. The van der Waals surface area contributed by atoms with Gasteiger partial charge in [-0.05, 0) is 12.5 Å². The molecule has 0 fully saturated rings. The Labute approximate surface area is 59.3 Å². The minimum Gasteiger partial charge on any atom is -0.204 e. The number of halogens is 2. The second-order valence-corrected chi connectivity index (χ2v) is 2.10. The first-order chi connectivity index (χ1) is 4.63. The van der Waals surface area contributed by atoms with E-state index in [9.17, 15) is 8.78 Å². The molecule has 2 radical (unpaired) electrons. The lowest BCUT2D eigenvalue weighted by Gasteiger charge is -1.99. The predicted octanol–water partition coefficient (Wildman–Crippen LogP) is 1.07. The van der Waals surface area contributed by atoms with Gasteiger partial charge in [0.05, 0.1) is 0 Å². The summed E-state index contributed by atoms with van der Waals surface area (Å²) in [5.74, 6) is -1.82. The first kappa shape index (κ1) is 7.25. The van der Waals surface area contributed by atoms with Crippen molar-refractivity contribution in [3.05, 3.63) is 29.3 Å². The molecule has 0 aromatic heterocycles. The van der Waals surface area contributed by atoms with Gasteiger partial charge >= 0.3 is 0 Å². The number of hydrogen-bond acceptors (Lipinski definition) is 0. The summed E-state index contributed by atoms with van der Waals surface area (Å²) in [5, 5.41) is 0. The average molecular weight is 138 g/mol. The smallest absolute Gasteiger partial charge is 0.161 e. The zero-order chi connectivity index (χ0) is 7.72. The third-order valence-electron chi connectivity index (χ3n) is 1.31. The van der Waals surface area contributed by atoms with Crippen LogP contribution in [0.5, 0.6) is 0 Å². The highest BCUT2D eigenvalue weighted by Gasteiger charge is 2.05. The summed E-state index contributed by atoms with van der Waals surface area (Å²) in [7, 11) is 5.07. The van der Waals surface area contributed by atoms with E-state index in [4.69, 9.17) is 7.85 Å². The van der Waals surface area contributed by atoms with Crippen molar-refractivity contribution < 1.29 is 8.78 Å². The van der Waals surface area contributed by atoms with Crippen molar-refractivity contribution >= 4 is 13.3 Å². The minimum atomic E-state index is -0.958. The molecule has 10 heavy (non-hydrogen) atoms. The molecule has 1 aromatic rings. The van der Waals surface area contributed by atoms with Crippen LogP contribution < -0.4 is 5.46 Å². The lowest BCUT2D eigenvalue weighted by atomic mass is 9.94. The molecule has 0 unspecified atom stereocenters. The maximum Gasteiger partial charge on any atom is 0.161 e. The number of hydrogen-bond donors (Lipinski definition) is 0. The number of aryl methyl sites for hydroxylation is 1. The van der Waals surface area contributed by atoms with E-state index in [1.807, 2.05) is 0 Å². The predicted molar refractivity (Wildman–Crippen MR) is 36.5 cm³/mol. The highest BCUT2D eigenvalue weighted by Crippen LogP contribution is 2.06. The Bertz CT molecular complexity index is 231. The third-order valence-corrected chi connectivity index (χ3v) is 1.31. The molecule has 1 aromatic carbocycles. The third kappa shape index (κ3) is 1.04. The van der Waals surface area contributed by atoms with Gasteiger partial charge in [0.25, 0.3) is 0 Å². The van der Waals surface area contributed by atoms with Crippen molar-refractivity contribution in [3.63, 3.8) is 0 Å². The molecule has 50 valence electrons. The van der Waals surface area contributed by atoms with E-state index >= 15 is 0 Å². The molecule has 0 nitrogen and oxygen atoms in total. The second kappa shape index (κ2) is 2.41. The zero-order valence-corrected chi connectivity index (χ0v) is 5.49. The Morgan fingerprint density at radius 1 is 1.20 bits per heavy atom. The molecular weight excluding hydrogens is 133 g/mol. The zero-order valence-electron chi connectivity index (χ0n) is 5.49. The lowest BCUT2D eigenvalue weighted by Crippen LogP contribution is -2.11. The van der Waals surface area contributed by atoms with Crippen LogP contribution in [0.4, 0.5) is 8.78 Å². The first-order valence-electron chi connectivity index (χ1n) is 2.83. The summed E-state index contributed by atoms with van der Waals surface area (Å²) in [6.45, 7) is 1.48. The van der Waals surface area contributed by atoms with E-state index in [1.54, 1.807) is 0 Å². The molecule has 0 amide bonds. The molecule has 0 saturated heterocycles. The Balaban J connectivity index is 3.34. The van der Waals surface area contributed by atoms with Crippen LogP contribution in [0.25, 0.3) is 0 Å². The summed E-state index contributed by atoms with van der Waals surface area (Å²) >= 11 is 0. The van der Waals surface area contributed by atoms with Gasteiger partial charge in [0.1, 0.15) is 7.85 Å². The molecule has 0 aliphatic carbocycles. The average Bonchev–Trinajstić information content (AvgIpc) is 1.93. The van der Waals surface area contributed by atoms with E-state index < -0.39 is 11.6 Å².